The molecule has 2 rings (SSSR count). The number of ketones is 1. The molecule has 1 saturated heterocycles. The summed E-state index contributed by atoms with van der Waals surface area (Å²) in [5, 5.41) is 0. The highest BCUT2D eigenvalue weighted by Gasteiger charge is 2.32. The van der Waals surface area contributed by atoms with Crippen LogP contribution in [0.4, 0.5) is 4.39 Å². The molecular formula is C18H25FN2O2. The van der Waals surface area contributed by atoms with Crippen LogP contribution in [-0.2, 0) is 4.79 Å². The van der Waals surface area contributed by atoms with Gasteiger partial charge in [0.2, 0.25) is 5.91 Å². The van der Waals surface area contributed by atoms with Crippen LogP contribution < -0.4 is 5.73 Å². The van der Waals surface area contributed by atoms with Crippen molar-refractivity contribution < 1.29 is 14.0 Å². The van der Waals surface area contributed by atoms with Gasteiger partial charge < -0.3 is 10.6 Å². The molecule has 2 N–H and O–H groups in total. The second-order valence-corrected chi connectivity index (χ2v) is 6.41. The van der Waals surface area contributed by atoms with Gasteiger partial charge in [-0.05, 0) is 43.0 Å². The van der Waals surface area contributed by atoms with Crippen molar-refractivity contribution in [2.24, 2.45) is 17.6 Å². The average molecular weight is 320 g/mol. The zero-order chi connectivity index (χ0) is 17.0. The summed E-state index contributed by atoms with van der Waals surface area (Å²) in [6, 6.07) is 5.07. The lowest BCUT2D eigenvalue weighted by molar-refractivity contribution is -0.135. The van der Waals surface area contributed by atoms with E-state index in [1.807, 2.05) is 13.8 Å². The molecule has 0 spiro atoms. The minimum atomic E-state index is -0.514. The van der Waals surface area contributed by atoms with Crippen LogP contribution in [0.1, 0.15) is 43.5 Å². The Kier molecular flexibility index (Phi) is 5.88. The highest BCUT2D eigenvalue weighted by Crippen LogP contribution is 2.22. The summed E-state index contributed by atoms with van der Waals surface area (Å²) < 4.78 is 13.0. The summed E-state index contributed by atoms with van der Waals surface area (Å²) >= 11 is 0. The van der Waals surface area contributed by atoms with Crippen LogP contribution >= 0.6 is 0 Å². The topological polar surface area (TPSA) is 63.4 Å². The molecule has 3 unspecified atom stereocenters. The van der Waals surface area contributed by atoms with E-state index in [2.05, 4.69) is 0 Å². The molecule has 0 aliphatic carbocycles. The van der Waals surface area contributed by atoms with Crippen LogP contribution in [-0.4, -0.2) is 35.7 Å². The number of nitrogens with zero attached hydrogens (tertiary/aromatic N) is 1. The van der Waals surface area contributed by atoms with Crippen LogP contribution in [0.2, 0.25) is 0 Å². The van der Waals surface area contributed by atoms with Crippen LogP contribution in [0.15, 0.2) is 24.3 Å². The highest BCUT2D eigenvalue weighted by atomic mass is 19.1. The Morgan fingerprint density at radius 3 is 2.61 bits per heavy atom. The van der Waals surface area contributed by atoms with Gasteiger partial charge in [0.05, 0.1) is 6.04 Å². The summed E-state index contributed by atoms with van der Waals surface area (Å²) in [5.41, 5.74) is 6.53. The van der Waals surface area contributed by atoms with Crippen LogP contribution in [0.3, 0.4) is 0 Å². The maximum Gasteiger partial charge on any atom is 0.239 e. The Bertz CT molecular complexity index is 559. The number of carbonyl (C=O) groups excluding carboxylic acids is 2. The summed E-state index contributed by atoms with van der Waals surface area (Å²) in [6.45, 7) is 5.03. The number of nitrogens with two attached hydrogens (primary N) is 1. The van der Waals surface area contributed by atoms with Gasteiger partial charge in [0.15, 0.2) is 5.78 Å². The molecule has 1 heterocycles. The van der Waals surface area contributed by atoms with Gasteiger partial charge in [-0.3, -0.25) is 9.59 Å². The van der Waals surface area contributed by atoms with Crippen LogP contribution in [0.25, 0.3) is 0 Å². The van der Waals surface area contributed by atoms with E-state index in [1.165, 1.54) is 24.3 Å². The van der Waals surface area contributed by atoms with Crippen molar-refractivity contribution in [3.63, 3.8) is 0 Å². The first-order chi connectivity index (χ1) is 10.9. The Hall–Kier alpha value is -1.75. The molecule has 1 aromatic rings. The van der Waals surface area contributed by atoms with E-state index < -0.39 is 6.04 Å². The Morgan fingerprint density at radius 2 is 2.00 bits per heavy atom. The lowest BCUT2D eigenvalue weighted by Crippen LogP contribution is -2.51. The largest absolute Gasteiger partial charge is 0.341 e. The SMILES string of the molecule is CCC(C)C(N)C(=O)N1CCCC(C(=O)c2ccc(F)cc2)C1. The molecule has 1 aliphatic rings. The van der Waals surface area contributed by atoms with Gasteiger partial charge in [-0.2, -0.15) is 0 Å². The number of rotatable bonds is 5. The number of halogens is 1. The Balaban J connectivity index is 2.04. The third-order valence-corrected chi connectivity index (χ3v) is 4.77. The quantitative estimate of drug-likeness (QED) is 0.848. The highest BCUT2D eigenvalue weighted by molar-refractivity contribution is 5.98. The number of carbonyl (C=O) groups is 2. The first-order valence-electron chi connectivity index (χ1n) is 8.28. The zero-order valence-electron chi connectivity index (χ0n) is 13.8. The monoisotopic (exact) mass is 320 g/mol. The van der Waals surface area contributed by atoms with E-state index in [1.54, 1.807) is 4.90 Å². The molecule has 1 fully saturated rings. The number of amides is 1. The Labute approximate surface area is 136 Å². The van der Waals surface area contributed by atoms with Gasteiger partial charge in [-0.25, -0.2) is 4.39 Å². The number of benzene rings is 1. The fourth-order valence-electron chi connectivity index (χ4n) is 2.95. The average Bonchev–Trinajstić information content (AvgIpc) is 2.59. The molecule has 3 atom stereocenters. The molecular weight excluding hydrogens is 295 g/mol. The number of hydrogen-bond acceptors (Lipinski definition) is 3. The molecule has 23 heavy (non-hydrogen) atoms. The van der Waals surface area contributed by atoms with E-state index in [9.17, 15) is 14.0 Å². The van der Waals surface area contributed by atoms with Gasteiger partial charge in [0, 0.05) is 24.6 Å². The molecule has 1 amide bonds. The molecule has 1 aliphatic heterocycles. The summed E-state index contributed by atoms with van der Waals surface area (Å²) in [4.78, 5) is 26.7. The van der Waals surface area contributed by atoms with Crippen molar-refractivity contribution in [3.8, 4) is 0 Å². The van der Waals surface area contributed by atoms with Crippen molar-refractivity contribution in [1.29, 1.82) is 0 Å². The maximum atomic E-state index is 13.0. The predicted octanol–water partition coefficient (Wildman–Crippen LogP) is 2.62. The van der Waals surface area contributed by atoms with E-state index in [0.29, 0.717) is 18.7 Å². The van der Waals surface area contributed by atoms with Gasteiger partial charge in [0.25, 0.3) is 0 Å². The second kappa shape index (κ2) is 7.68. The number of hydrogen-bond donors (Lipinski definition) is 1. The molecule has 0 radical (unpaired) electrons. The van der Waals surface area contributed by atoms with E-state index in [-0.39, 0.29) is 29.3 Å². The van der Waals surface area contributed by atoms with E-state index in [0.717, 1.165) is 19.3 Å². The predicted molar refractivity (Wildman–Crippen MR) is 87.5 cm³/mol. The smallest absolute Gasteiger partial charge is 0.239 e. The fourth-order valence-corrected chi connectivity index (χ4v) is 2.95. The number of piperidine rings is 1. The standard InChI is InChI=1S/C18H25FN2O2/c1-3-12(2)16(20)18(23)21-10-4-5-14(11-21)17(22)13-6-8-15(19)9-7-13/h6-9,12,14,16H,3-5,10-11,20H2,1-2H3. The zero-order valence-corrected chi connectivity index (χ0v) is 13.8. The van der Waals surface area contributed by atoms with Crippen molar-refractivity contribution in [2.45, 2.75) is 39.2 Å². The van der Waals surface area contributed by atoms with Gasteiger partial charge in [-0.1, -0.05) is 20.3 Å². The Morgan fingerprint density at radius 1 is 1.35 bits per heavy atom. The molecule has 4 nitrogen and oxygen atoms in total. The minimum absolute atomic E-state index is 0.0281. The third-order valence-electron chi connectivity index (χ3n) is 4.77. The summed E-state index contributed by atoms with van der Waals surface area (Å²) in [6.07, 6.45) is 2.38. The minimum Gasteiger partial charge on any atom is -0.341 e. The fraction of sp³-hybridized carbons (Fsp3) is 0.556. The van der Waals surface area contributed by atoms with Gasteiger partial charge in [0.1, 0.15) is 5.82 Å². The first kappa shape index (κ1) is 17.6. The van der Waals surface area contributed by atoms with Crippen molar-refractivity contribution >= 4 is 11.7 Å². The van der Waals surface area contributed by atoms with E-state index >= 15 is 0 Å². The van der Waals surface area contributed by atoms with Gasteiger partial charge in [-0.15, -0.1) is 0 Å². The van der Waals surface area contributed by atoms with Crippen molar-refractivity contribution in [1.82, 2.24) is 4.90 Å². The van der Waals surface area contributed by atoms with E-state index in [4.69, 9.17) is 5.73 Å². The molecule has 1 aromatic carbocycles. The van der Waals surface area contributed by atoms with Gasteiger partial charge >= 0.3 is 0 Å². The second-order valence-electron chi connectivity index (χ2n) is 6.41. The molecule has 126 valence electrons. The third kappa shape index (κ3) is 4.16. The lowest BCUT2D eigenvalue weighted by atomic mass is 9.89. The van der Waals surface area contributed by atoms with Crippen molar-refractivity contribution in [2.75, 3.05) is 13.1 Å². The lowest BCUT2D eigenvalue weighted by Gasteiger charge is -2.34. The van der Waals surface area contributed by atoms with Crippen molar-refractivity contribution in [3.05, 3.63) is 35.6 Å². The normalized spacial score (nSPS) is 20.9. The first-order valence-corrected chi connectivity index (χ1v) is 8.28. The molecule has 0 saturated carbocycles. The van der Waals surface area contributed by atoms with Crippen LogP contribution in [0.5, 0.6) is 0 Å². The molecule has 0 aromatic heterocycles. The number of Topliss-reactive ketones (excluding diaryl/α,β-unsaturated/α-hetero) is 1. The maximum absolute atomic E-state index is 13.0. The van der Waals surface area contributed by atoms with Crippen LogP contribution in [0, 0.1) is 17.7 Å². The summed E-state index contributed by atoms with van der Waals surface area (Å²) in [5.74, 6) is -0.574. The molecule has 0 bridgehead atoms. The summed E-state index contributed by atoms with van der Waals surface area (Å²) in [7, 11) is 0. The molecule has 5 heteroatoms. The number of likely N-dealkylation sites (tertiary alicyclic amines) is 1.